The molecule has 0 N–H and O–H groups in total. The molecule has 0 radical (unpaired) electrons. The van der Waals surface area contributed by atoms with Crippen molar-refractivity contribution in [2.45, 2.75) is 11.5 Å². The number of carbonyl (C=O) groups excluding carboxylic acids is 2. The summed E-state index contributed by atoms with van der Waals surface area (Å²) in [7, 11) is 0. The first-order valence-corrected chi connectivity index (χ1v) is 9.21. The van der Waals surface area contributed by atoms with Crippen LogP contribution in [0.2, 0.25) is 0 Å². The van der Waals surface area contributed by atoms with Crippen LogP contribution in [0.3, 0.4) is 0 Å². The van der Waals surface area contributed by atoms with Crippen LogP contribution in [-0.2, 0) is 20.9 Å². The molecule has 0 saturated heterocycles. The van der Waals surface area contributed by atoms with E-state index >= 15 is 0 Å². The smallest absolute Gasteiger partial charge is 0.326 e. The molecule has 1 aliphatic heterocycles. The second-order valence-electron chi connectivity index (χ2n) is 5.74. The molecule has 0 unspecified atom stereocenters. The summed E-state index contributed by atoms with van der Waals surface area (Å²) in [5, 5.41) is 11.5. The molecule has 0 fully saturated rings. The minimum Gasteiger partial charge on any atom is -0.456 e. The Balaban J connectivity index is 1.43. The Labute approximate surface area is 159 Å². The van der Waals surface area contributed by atoms with E-state index in [1.165, 1.54) is 21.3 Å². The van der Waals surface area contributed by atoms with Crippen LogP contribution < -0.4 is 4.90 Å². The summed E-state index contributed by atoms with van der Waals surface area (Å²) >= 11 is 1.47. The second kappa shape index (κ2) is 7.58. The van der Waals surface area contributed by atoms with Crippen LogP contribution in [0.1, 0.15) is 5.82 Å². The van der Waals surface area contributed by atoms with E-state index in [0.29, 0.717) is 11.6 Å². The molecule has 0 atom stereocenters. The zero-order valence-electron chi connectivity index (χ0n) is 14.2. The number of esters is 1. The molecule has 136 valence electrons. The first-order valence-electron chi connectivity index (χ1n) is 8.23. The Kier molecular flexibility index (Phi) is 4.84. The van der Waals surface area contributed by atoms with Gasteiger partial charge in [0.1, 0.15) is 6.54 Å². The molecule has 9 heteroatoms. The number of rotatable bonds is 5. The van der Waals surface area contributed by atoms with Gasteiger partial charge in [-0.1, -0.05) is 30.3 Å². The molecule has 4 rings (SSSR count). The predicted molar refractivity (Wildman–Crippen MR) is 98.5 cm³/mol. The van der Waals surface area contributed by atoms with Crippen molar-refractivity contribution in [2.24, 2.45) is 0 Å². The van der Waals surface area contributed by atoms with Crippen molar-refractivity contribution < 1.29 is 14.3 Å². The number of nitrogens with zero attached hydrogens (tertiary/aromatic N) is 5. The lowest BCUT2D eigenvalue weighted by molar-refractivity contribution is -0.144. The lowest BCUT2D eigenvalue weighted by Crippen LogP contribution is -2.39. The van der Waals surface area contributed by atoms with Crippen molar-refractivity contribution in [2.75, 3.05) is 17.2 Å². The van der Waals surface area contributed by atoms with Gasteiger partial charge in [0.25, 0.3) is 0 Å². The summed E-state index contributed by atoms with van der Waals surface area (Å²) < 4.78 is 6.82. The van der Waals surface area contributed by atoms with Crippen LogP contribution in [0.4, 0.5) is 5.69 Å². The van der Waals surface area contributed by atoms with Crippen molar-refractivity contribution in [1.29, 1.82) is 0 Å². The highest BCUT2D eigenvalue weighted by atomic mass is 32.2. The zero-order chi connectivity index (χ0) is 18.6. The summed E-state index contributed by atoms with van der Waals surface area (Å²) in [5.41, 5.74) is 1.50. The average molecular weight is 381 g/mol. The summed E-state index contributed by atoms with van der Waals surface area (Å²) in [6, 6.07) is 16.8. The summed E-state index contributed by atoms with van der Waals surface area (Å²) in [5.74, 6) is 0.0595. The number of benzene rings is 2. The number of anilines is 1. The third-order valence-corrected chi connectivity index (χ3v) is 5.04. The topological polar surface area (TPSA) is 90.2 Å². The summed E-state index contributed by atoms with van der Waals surface area (Å²) in [6.45, 7) is -0.234. The number of ether oxygens (including phenoxy) is 1. The van der Waals surface area contributed by atoms with E-state index in [-0.39, 0.29) is 19.1 Å². The van der Waals surface area contributed by atoms with E-state index in [1.807, 2.05) is 54.6 Å². The highest BCUT2D eigenvalue weighted by molar-refractivity contribution is 8.00. The maximum Gasteiger partial charge on any atom is 0.326 e. The Morgan fingerprint density at radius 3 is 2.74 bits per heavy atom. The fourth-order valence-electron chi connectivity index (χ4n) is 2.71. The van der Waals surface area contributed by atoms with E-state index in [9.17, 15) is 9.59 Å². The van der Waals surface area contributed by atoms with E-state index in [4.69, 9.17) is 4.74 Å². The number of fused-ring (bicyclic) bond motifs is 1. The zero-order valence-corrected chi connectivity index (χ0v) is 15.0. The Morgan fingerprint density at radius 2 is 1.89 bits per heavy atom. The molecule has 2 aromatic carbocycles. The van der Waals surface area contributed by atoms with Crippen LogP contribution in [0, 0.1) is 0 Å². The van der Waals surface area contributed by atoms with Crippen LogP contribution in [-0.4, -0.2) is 44.4 Å². The number of carbonyl (C=O) groups is 2. The van der Waals surface area contributed by atoms with Crippen LogP contribution >= 0.6 is 11.8 Å². The van der Waals surface area contributed by atoms with Gasteiger partial charge in [0.15, 0.2) is 12.4 Å². The number of hydrogen-bond acceptors (Lipinski definition) is 7. The number of para-hydroxylation sites is 2. The standard InChI is InChI=1S/C18H15N5O3S/c24-17-12-27-15-9-5-4-8-14(15)22(17)10-18(25)26-11-16-19-20-21-23(16)13-6-2-1-3-7-13/h1-9H,10-12H2. The van der Waals surface area contributed by atoms with E-state index in [0.717, 1.165) is 16.3 Å². The third-order valence-electron chi connectivity index (χ3n) is 3.99. The normalized spacial score (nSPS) is 13.3. The fraction of sp³-hybridized carbons (Fsp3) is 0.167. The van der Waals surface area contributed by atoms with Gasteiger partial charge in [-0.2, -0.15) is 4.68 Å². The summed E-state index contributed by atoms with van der Waals surface area (Å²) in [6.07, 6.45) is 0. The largest absolute Gasteiger partial charge is 0.456 e. The van der Waals surface area contributed by atoms with Crippen molar-refractivity contribution in [3.63, 3.8) is 0 Å². The Hall–Kier alpha value is -3.20. The Bertz CT molecular complexity index is 976. The number of thioether (sulfide) groups is 1. The molecule has 1 amide bonds. The van der Waals surface area contributed by atoms with E-state index in [2.05, 4.69) is 15.5 Å². The van der Waals surface area contributed by atoms with Gasteiger partial charge >= 0.3 is 5.97 Å². The Morgan fingerprint density at radius 1 is 1.11 bits per heavy atom. The highest BCUT2D eigenvalue weighted by Gasteiger charge is 2.27. The van der Waals surface area contributed by atoms with Crippen LogP contribution in [0.15, 0.2) is 59.5 Å². The van der Waals surface area contributed by atoms with Crippen LogP contribution in [0.5, 0.6) is 0 Å². The van der Waals surface area contributed by atoms with Gasteiger partial charge in [0.05, 0.1) is 17.1 Å². The second-order valence-corrected chi connectivity index (χ2v) is 6.76. The van der Waals surface area contributed by atoms with Crippen molar-refractivity contribution in [1.82, 2.24) is 20.2 Å². The number of tetrazole rings is 1. The molecule has 1 aliphatic rings. The van der Waals surface area contributed by atoms with Gasteiger partial charge in [-0.05, 0) is 34.7 Å². The molecule has 1 aromatic heterocycles. The third kappa shape index (κ3) is 3.68. The molecule has 8 nitrogen and oxygen atoms in total. The van der Waals surface area contributed by atoms with E-state index < -0.39 is 5.97 Å². The monoisotopic (exact) mass is 381 g/mol. The SMILES string of the molecule is O=C(CN1C(=O)CSc2ccccc21)OCc1nnnn1-c1ccccc1. The number of hydrogen-bond donors (Lipinski definition) is 0. The fourth-order valence-corrected chi connectivity index (χ4v) is 3.65. The maximum absolute atomic E-state index is 12.3. The average Bonchev–Trinajstić information content (AvgIpc) is 3.18. The number of amides is 1. The van der Waals surface area contributed by atoms with Gasteiger partial charge in [0.2, 0.25) is 5.91 Å². The van der Waals surface area contributed by atoms with Gasteiger partial charge < -0.3 is 4.74 Å². The molecule has 0 spiro atoms. The van der Waals surface area contributed by atoms with Crippen molar-refractivity contribution >= 4 is 29.3 Å². The van der Waals surface area contributed by atoms with Gasteiger partial charge in [-0.15, -0.1) is 16.9 Å². The predicted octanol–water partition coefficient (Wildman–Crippen LogP) is 1.84. The number of aromatic nitrogens is 4. The molecular formula is C18H15N5O3S. The molecule has 2 heterocycles. The maximum atomic E-state index is 12.3. The van der Waals surface area contributed by atoms with Crippen molar-refractivity contribution in [3.05, 3.63) is 60.4 Å². The van der Waals surface area contributed by atoms with Crippen LogP contribution in [0.25, 0.3) is 5.69 Å². The van der Waals surface area contributed by atoms with E-state index in [1.54, 1.807) is 0 Å². The molecule has 0 bridgehead atoms. The minimum atomic E-state index is -0.521. The van der Waals surface area contributed by atoms with Gasteiger partial charge in [-0.3, -0.25) is 14.5 Å². The van der Waals surface area contributed by atoms with Crippen molar-refractivity contribution in [3.8, 4) is 5.69 Å². The summed E-state index contributed by atoms with van der Waals surface area (Å²) in [4.78, 5) is 27.0. The lowest BCUT2D eigenvalue weighted by atomic mass is 10.2. The molecular weight excluding hydrogens is 366 g/mol. The quantitative estimate of drug-likeness (QED) is 0.623. The molecule has 27 heavy (non-hydrogen) atoms. The first kappa shape index (κ1) is 17.2. The lowest BCUT2D eigenvalue weighted by Gasteiger charge is -2.27. The molecule has 0 saturated carbocycles. The molecule has 3 aromatic rings. The van der Waals surface area contributed by atoms with Gasteiger partial charge in [-0.25, -0.2) is 0 Å². The minimum absolute atomic E-state index is 0.0842. The highest BCUT2D eigenvalue weighted by Crippen LogP contribution is 2.34. The van der Waals surface area contributed by atoms with Gasteiger partial charge in [0, 0.05) is 4.90 Å². The first-order chi connectivity index (χ1) is 13.2. The molecule has 0 aliphatic carbocycles.